The lowest BCUT2D eigenvalue weighted by molar-refractivity contribution is -0.116. The van der Waals surface area contributed by atoms with E-state index in [0.29, 0.717) is 5.56 Å². The quantitative estimate of drug-likeness (QED) is 0.699. The lowest BCUT2D eigenvalue weighted by Crippen LogP contribution is -2.16. The standard InChI is InChI=1S/C19H16N2O3/c1-11-13-8-7-12(19(23)24-2)9-16(13)21-10-17(22)20-15-6-4-3-5-14(15)18(11)21/h3-9H,10H2,1-2H3,(H,20,22). The number of esters is 1. The average molecular weight is 320 g/mol. The summed E-state index contributed by atoms with van der Waals surface area (Å²) in [6, 6.07) is 13.2. The fourth-order valence-electron chi connectivity index (χ4n) is 3.41. The van der Waals surface area contributed by atoms with Crippen LogP contribution in [0.2, 0.25) is 0 Å². The maximum absolute atomic E-state index is 12.3. The lowest BCUT2D eigenvalue weighted by atomic mass is 10.0. The van der Waals surface area contributed by atoms with Crippen molar-refractivity contribution in [3.63, 3.8) is 0 Å². The van der Waals surface area contributed by atoms with Gasteiger partial charge >= 0.3 is 5.97 Å². The largest absolute Gasteiger partial charge is 0.465 e. The van der Waals surface area contributed by atoms with Gasteiger partial charge in [-0.1, -0.05) is 24.3 Å². The number of hydrogen-bond acceptors (Lipinski definition) is 3. The molecule has 5 heteroatoms. The first kappa shape index (κ1) is 14.5. The highest BCUT2D eigenvalue weighted by molar-refractivity contribution is 6.04. The van der Waals surface area contributed by atoms with Crippen LogP contribution in [0.4, 0.5) is 5.69 Å². The number of anilines is 1. The van der Waals surface area contributed by atoms with E-state index in [1.807, 2.05) is 41.8 Å². The van der Waals surface area contributed by atoms with Gasteiger partial charge in [-0.05, 0) is 30.7 Å². The molecule has 0 radical (unpaired) electrons. The minimum Gasteiger partial charge on any atom is -0.465 e. The molecule has 1 aromatic heterocycles. The number of ether oxygens (including phenoxy) is 1. The number of carbonyl (C=O) groups is 2. The molecule has 0 bridgehead atoms. The van der Waals surface area contributed by atoms with Crippen LogP contribution in [0.5, 0.6) is 0 Å². The van der Waals surface area contributed by atoms with Crippen LogP contribution < -0.4 is 5.32 Å². The number of rotatable bonds is 1. The molecular formula is C19H16N2O3. The molecule has 24 heavy (non-hydrogen) atoms. The highest BCUT2D eigenvalue weighted by Crippen LogP contribution is 2.38. The molecule has 1 amide bonds. The van der Waals surface area contributed by atoms with Crippen molar-refractivity contribution in [1.82, 2.24) is 4.57 Å². The normalized spacial score (nSPS) is 13.0. The maximum Gasteiger partial charge on any atom is 0.337 e. The van der Waals surface area contributed by atoms with Gasteiger partial charge in [0.15, 0.2) is 0 Å². The van der Waals surface area contributed by atoms with Gasteiger partial charge in [0.2, 0.25) is 5.91 Å². The summed E-state index contributed by atoms with van der Waals surface area (Å²) >= 11 is 0. The Kier molecular flexibility index (Phi) is 3.16. The molecule has 5 nitrogen and oxygen atoms in total. The first-order valence-corrected chi connectivity index (χ1v) is 7.70. The average Bonchev–Trinajstić information content (AvgIpc) is 2.76. The van der Waals surface area contributed by atoms with E-state index in [1.54, 1.807) is 12.1 Å². The molecule has 0 spiro atoms. The van der Waals surface area contributed by atoms with Crippen LogP contribution in [-0.2, 0) is 16.1 Å². The third-order valence-corrected chi connectivity index (χ3v) is 4.50. The molecule has 0 saturated heterocycles. The molecule has 1 aliphatic heterocycles. The summed E-state index contributed by atoms with van der Waals surface area (Å²) < 4.78 is 6.78. The molecule has 120 valence electrons. The number of amides is 1. The molecule has 3 aromatic rings. The summed E-state index contributed by atoms with van der Waals surface area (Å²) in [7, 11) is 1.36. The van der Waals surface area contributed by atoms with E-state index in [2.05, 4.69) is 5.32 Å². The van der Waals surface area contributed by atoms with Crippen LogP contribution in [0.15, 0.2) is 42.5 Å². The molecule has 4 rings (SSSR count). The fraction of sp³-hybridized carbons (Fsp3) is 0.158. The Hall–Kier alpha value is -3.08. The van der Waals surface area contributed by atoms with Crippen molar-refractivity contribution in [1.29, 1.82) is 0 Å². The van der Waals surface area contributed by atoms with Crippen molar-refractivity contribution in [2.24, 2.45) is 0 Å². The predicted molar refractivity (Wildman–Crippen MR) is 92.1 cm³/mol. The molecule has 2 aromatic carbocycles. The number of hydrogen-bond donors (Lipinski definition) is 1. The van der Waals surface area contributed by atoms with E-state index in [9.17, 15) is 9.59 Å². The summed E-state index contributed by atoms with van der Waals surface area (Å²) in [6.07, 6.45) is 0. The van der Waals surface area contributed by atoms with Crippen molar-refractivity contribution >= 4 is 28.5 Å². The Morgan fingerprint density at radius 2 is 2.00 bits per heavy atom. The van der Waals surface area contributed by atoms with E-state index in [1.165, 1.54) is 7.11 Å². The van der Waals surface area contributed by atoms with Crippen LogP contribution >= 0.6 is 0 Å². The molecule has 0 saturated carbocycles. The molecular weight excluding hydrogens is 304 g/mol. The van der Waals surface area contributed by atoms with Crippen LogP contribution in [-0.4, -0.2) is 23.6 Å². The zero-order valence-electron chi connectivity index (χ0n) is 13.4. The molecule has 2 heterocycles. The van der Waals surface area contributed by atoms with Crippen molar-refractivity contribution in [3.05, 3.63) is 53.6 Å². The molecule has 0 unspecified atom stereocenters. The van der Waals surface area contributed by atoms with Crippen molar-refractivity contribution < 1.29 is 14.3 Å². The fourth-order valence-corrected chi connectivity index (χ4v) is 3.41. The number of methoxy groups -OCH3 is 1. The molecule has 1 aliphatic rings. The Morgan fingerprint density at radius 1 is 1.21 bits per heavy atom. The van der Waals surface area contributed by atoms with E-state index in [0.717, 1.165) is 33.4 Å². The molecule has 0 fully saturated rings. The van der Waals surface area contributed by atoms with Crippen molar-refractivity contribution in [3.8, 4) is 11.3 Å². The van der Waals surface area contributed by atoms with Gasteiger partial charge in [0, 0.05) is 10.9 Å². The van der Waals surface area contributed by atoms with Crippen LogP contribution in [0, 0.1) is 6.92 Å². The first-order chi connectivity index (χ1) is 11.6. The van der Waals surface area contributed by atoms with Gasteiger partial charge in [-0.2, -0.15) is 0 Å². The summed E-state index contributed by atoms with van der Waals surface area (Å²) in [4.78, 5) is 24.2. The Morgan fingerprint density at radius 3 is 2.79 bits per heavy atom. The van der Waals surface area contributed by atoms with Crippen LogP contribution in [0.25, 0.3) is 22.2 Å². The lowest BCUT2D eigenvalue weighted by Gasteiger charge is -2.08. The minimum absolute atomic E-state index is 0.0819. The van der Waals surface area contributed by atoms with Gasteiger partial charge in [0.05, 0.1) is 29.6 Å². The summed E-state index contributed by atoms with van der Waals surface area (Å²) in [5, 5.41) is 3.97. The number of carbonyl (C=O) groups excluding carboxylic acids is 2. The summed E-state index contributed by atoms with van der Waals surface area (Å²) in [5.41, 5.74) is 5.21. The highest BCUT2D eigenvalue weighted by atomic mass is 16.5. The van der Waals surface area contributed by atoms with Gasteiger partial charge in [-0.3, -0.25) is 4.79 Å². The smallest absolute Gasteiger partial charge is 0.337 e. The van der Waals surface area contributed by atoms with Gasteiger partial charge < -0.3 is 14.6 Å². The van der Waals surface area contributed by atoms with Crippen molar-refractivity contribution in [2.75, 3.05) is 12.4 Å². The predicted octanol–water partition coefficient (Wildman–Crippen LogP) is 3.36. The molecule has 0 aliphatic carbocycles. The first-order valence-electron chi connectivity index (χ1n) is 7.70. The van der Waals surface area contributed by atoms with Crippen molar-refractivity contribution in [2.45, 2.75) is 13.5 Å². The third-order valence-electron chi connectivity index (χ3n) is 4.50. The summed E-state index contributed by atoms with van der Waals surface area (Å²) in [6.45, 7) is 2.25. The van der Waals surface area contributed by atoms with E-state index >= 15 is 0 Å². The number of benzene rings is 2. The number of aryl methyl sites for hydroxylation is 1. The van der Waals surface area contributed by atoms with Gasteiger partial charge in [0.25, 0.3) is 0 Å². The van der Waals surface area contributed by atoms with Gasteiger partial charge in [0.1, 0.15) is 6.54 Å². The second kappa shape index (κ2) is 5.23. The SMILES string of the molecule is COC(=O)c1ccc2c(C)c3n(c2c1)CC(=O)Nc1ccccc1-3. The Balaban J connectivity index is 2.07. The number of para-hydroxylation sites is 1. The Bertz CT molecular complexity index is 1000. The Labute approximate surface area is 138 Å². The van der Waals surface area contributed by atoms with E-state index < -0.39 is 0 Å². The van der Waals surface area contributed by atoms with E-state index in [4.69, 9.17) is 4.74 Å². The van der Waals surface area contributed by atoms with Crippen LogP contribution in [0.1, 0.15) is 15.9 Å². The highest BCUT2D eigenvalue weighted by Gasteiger charge is 2.24. The number of fused-ring (bicyclic) bond motifs is 5. The van der Waals surface area contributed by atoms with Gasteiger partial charge in [-0.15, -0.1) is 0 Å². The van der Waals surface area contributed by atoms with Crippen LogP contribution in [0.3, 0.4) is 0 Å². The maximum atomic E-state index is 12.3. The monoisotopic (exact) mass is 320 g/mol. The second-order valence-corrected chi connectivity index (χ2v) is 5.88. The van der Waals surface area contributed by atoms with E-state index in [-0.39, 0.29) is 18.4 Å². The zero-order valence-corrected chi connectivity index (χ0v) is 13.4. The third kappa shape index (κ3) is 2.01. The second-order valence-electron chi connectivity index (χ2n) is 5.88. The molecule has 1 N–H and O–H groups in total. The number of aromatic nitrogens is 1. The molecule has 0 atom stereocenters. The number of nitrogens with zero attached hydrogens (tertiary/aromatic N) is 1. The topological polar surface area (TPSA) is 60.3 Å². The summed E-state index contributed by atoms with van der Waals surface area (Å²) in [5.74, 6) is -0.467. The number of nitrogens with one attached hydrogen (secondary N) is 1. The zero-order chi connectivity index (χ0) is 16.8. The minimum atomic E-state index is -0.386. The van der Waals surface area contributed by atoms with Gasteiger partial charge in [-0.25, -0.2) is 4.79 Å².